The second-order valence-electron chi connectivity index (χ2n) is 4.15. The molecule has 14 heavy (non-hydrogen) atoms. The van der Waals surface area contributed by atoms with Crippen LogP contribution in [0.2, 0.25) is 0 Å². The number of hydrogen-bond donors (Lipinski definition) is 1. The molecule has 1 aliphatic carbocycles. The zero-order chi connectivity index (χ0) is 10.9. The lowest BCUT2D eigenvalue weighted by Crippen LogP contribution is -2.47. The molecule has 0 aliphatic heterocycles. The van der Waals surface area contributed by atoms with Crippen molar-refractivity contribution in [1.29, 1.82) is 0 Å². The van der Waals surface area contributed by atoms with Crippen LogP contribution in [0.3, 0.4) is 0 Å². The molecule has 1 fully saturated rings. The van der Waals surface area contributed by atoms with Crippen molar-refractivity contribution in [2.75, 3.05) is 14.1 Å². The number of halogens is 3. The molecule has 0 spiro atoms. The third-order valence-electron chi connectivity index (χ3n) is 2.87. The van der Waals surface area contributed by atoms with E-state index in [1.807, 2.05) is 0 Å². The molecular weight excluding hydrogens is 195 g/mol. The van der Waals surface area contributed by atoms with Gasteiger partial charge < -0.3 is 10.0 Å². The SMILES string of the molecule is CN(C)C1CC(O)CCC1C(F)(F)F. The highest BCUT2D eigenvalue weighted by Crippen LogP contribution is 2.39. The number of alkyl halides is 3. The van der Waals surface area contributed by atoms with Gasteiger partial charge in [0.1, 0.15) is 0 Å². The molecule has 3 unspecified atom stereocenters. The van der Waals surface area contributed by atoms with Crippen LogP contribution in [-0.2, 0) is 0 Å². The molecule has 0 aromatic heterocycles. The van der Waals surface area contributed by atoms with Crippen LogP contribution in [0.5, 0.6) is 0 Å². The highest BCUT2D eigenvalue weighted by Gasteiger charge is 2.47. The third-order valence-corrected chi connectivity index (χ3v) is 2.87. The van der Waals surface area contributed by atoms with E-state index in [1.54, 1.807) is 19.0 Å². The molecular formula is C9H16F3NO. The molecule has 0 radical (unpaired) electrons. The predicted molar refractivity (Wildman–Crippen MR) is 46.9 cm³/mol. The summed E-state index contributed by atoms with van der Waals surface area (Å²) in [6.45, 7) is 0. The zero-order valence-corrected chi connectivity index (χ0v) is 8.38. The van der Waals surface area contributed by atoms with Crippen LogP contribution in [-0.4, -0.2) is 42.4 Å². The summed E-state index contributed by atoms with van der Waals surface area (Å²) in [5.41, 5.74) is 0. The smallest absolute Gasteiger partial charge is 0.393 e. The van der Waals surface area contributed by atoms with E-state index in [-0.39, 0.29) is 19.3 Å². The van der Waals surface area contributed by atoms with E-state index >= 15 is 0 Å². The quantitative estimate of drug-likeness (QED) is 0.712. The highest BCUT2D eigenvalue weighted by atomic mass is 19.4. The molecule has 1 rings (SSSR count). The molecule has 0 bridgehead atoms. The van der Waals surface area contributed by atoms with Crippen LogP contribution in [0.1, 0.15) is 19.3 Å². The molecule has 0 saturated heterocycles. The Balaban J connectivity index is 2.73. The van der Waals surface area contributed by atoms with Gasteiger partial charge >= 0.3 is 6.18 Å². The third kappa shape index (κ3) is 2.60. The molecule has 0 aromatic rings. The van der Waals surface area contributed by atoms with Crippen molar-refractivity contribution in [3.63, 3.8) is 0 Å². The van der Waals surface area contributed by atoms with Gasteiger partial charge in [-0.3, -0.25) is 0 Å². The topological polar surface area (TPSA) is 23.5 Å². The fourth-order valence-corrected chi connectivity index (χ4v) is 2.08. The van der Waals surface area contributed by atoms with Gasteiger partial charge in [-0.2, -0.15) is 13.2 Å². The number of aliphatic hydroxyl groups is 1. The van der Waals surface area contributed by atoms with Crippen molar-refractivity contribution >= 4 is 0 Å². The van der Waals surface area contributed by atoms with Crippen molar-refractivity contribution < 1.29 is 18.3 Å². The van der Waals surface area contributed by atoms with Gasteiger partial charge in [0, 0.05) is 6.04 Å². The summed E-state index contributed by atoms with van der Waals surface area (Å²) >= 11 is 0. The fraction of sp³-hybridized carbons (Fsp3) is 1.00. The molecule has 0 aromatic carbocycles. The first-order valence-electron chi connectivity index (χ1n) is 4.73. The lowest BCUT2D eigenvalue weighted by Gasteiger charge is -2.39. The van der Waals surface area contributed by atoms with E-state index in [4.69, 9.17) is 0 Å². The second kappa shape index (κ2) is 4.06. The van der Waals surface area contributed by atoms with Gasteiger partial charge in [-0.25, -0.2) is 0 Å². The summed E-state index contributed by atoms with van der Waals surface area (Å²) in [5, 5.41) is 9.32. The maximum atomic E-state index is 12.6. The van der Waals surface area contributed by atoms with Crippen molar-refractivity contribution in [3.05, 3.63) is 0 Å². The van der Waals surface area contributed by atoms with Crippen LogP contribution < -0.4 is 0 Å². The Labute approximate surface area is 81.7 Å². The molecule has 0 heterocycles. The van der Waals surface area contributed by atoms with Crippen molar-refractivity contribution in [1.82, 2.24) is 4.90 Å². The minimum absolute atomic E-state index is 0.0352. The molecule has 1 saturated carbocycles. The van der Waals surface area contributed by atoms with Crippen molar-refractivity contribution in [2.24, 2.45) is 5.92 Å². The van der Waals surface area contributed by atoms with Gasteiger partial charge in [-0.15, -0.1) is 0 Å². The summed E-state index contributed by atoms with van der Waals surface area (Å²) in [6, 6.07) is -0.584. The van der Waals surface area contributed by atoms with Crippen LogP contribution >= 0.6 is 0 Å². The number of nitrogens with zero attached hydrogens (tertiary/aromatic N) is 1. The van der Waals surface area contributed by atoms with Gasteiger partial charge in [0.15, 0.2) is 0 Å². The van der Waals surface area contributed by atoms with Gasteiger partial charge in [0.25, 0.3) is 0 Å². The summed E-state index contributed by atoms with van der Waals surface area (Å²) in [6.07, 6.45) is -4.21. The first kappa shape index (κ1) is 11.8. The van der Waals surface area contributed by atoms with Gasteiger partial charge in [-0.05, 0) is 33.4 Å². The summed E-state index contributed by atoms with van der Waals surface area (Å²) in [5.74, 6) is -1.29. The maximum Gasteiger partial charge on any atom is 0.393 e. The average Bonchev–Trinajstić information content (AvgIpc) is 2.01. The van der Waals surface area contributed by atoms with E-state index in [1.165, 1.54) is 0 Å². The highest BCUT2D eigenvalue weighted by molar-refractivity contribution is 4.88. The Kier molecular flexibility index (Phi) is 3.42. The number of hydrogen-bond acceptors (Lipinski definition) is 2. The Bertz CT molecular complexity index is 193. The second-order valence-corrected chi connectivity index (χ2v) is 4.15. The van der Waals surface area contributed by atoms with Crippen LogP contribution in [0, 0.1) is 5.92 Å². The predicted octanol–water partition coefficient (Wildman–Crippen LogP) is 1.64. The molecule has 84 valence electrons. The molecule has 2 nitrogen and oxygen atoms in total. The minimum Gasteiger partial charge on any atom is -0.393 e. The van der Waals surface area contributed by atoms with Crippen LogP contribution in [0.15, 0.2) is 0 Å². The van der Waals surface area contributed by atoms with Crippen LogP contribution in [0.25, 0.3) is 0 Å². The molecule has 3 atom stereocenters. The lowest BCUT2D eigenvalue weighted by atomic mass is 9.82. The Morgan fingerprint density at radius 2 is 1.79 bits per heavy atom. The molecule has 1 aliphatic rings. The van der Waals surface area contributed by atoms with E-state index in [2.05, 4.69) is 0 Å². The van der Waals surface area contributed by atoms with Gasteiger partial charge in [-0.1, -0.05) is 0 Å². The summed E-state index contributed by atoms with van der Waals surface area (Å²) < 4.78 is 37.7. The van der Waals surface area contributed by atoms with Crippen molar-refractivity contribution in [2.45, 2.75) is 37.6 Å². The largest absolute Gasteiger partial charge is 0.393 e. The number of rotatable bonds is 1. The first-order chi connectivity index (χ1) is 6.32. The Morgan fingerprint density at radius 3 is 2.21 bits per heavy atom. The van der Waals surface area contributed by atoms with Gasteiger partial charge in [0.2, 0.25) is 0 Å². The lowest BCUT2D eigenvalue weighted by molar-refractivity contribution is -0.202. The summed E-state index contributed by atoms with van der Waals surface area (Å²) in [7, 11) is 3.25. The van der Waals surface area contributed by atoms with Crippen molar-refractivity contribution in [3.8, 4) is 0 Å². The minimum atomic E-state index is -4.14. The molecule has 1 N–H and O–H groups in total. The summed E-state index contributed by atoms with van der Waals surface area (Å²) in [4.78, 5) is 1.56. The van der Waals surface area contributed by atoms with E-state index < -0.39 is 24.2 Å². The Hall–Kier alpha value is -0.290. The monoisotopic (exact) mass is 211 g/mol. The van der Waals surface area contributed by atoms with E-state index in [0.29, 0.717) is 0 Å². The van der Waals surface area contributed by atoms with Crippen LogP contribution in [0.4, 0.5) is 13.2 Å². The standard InChI is InChI=1S/C9H16F3NO/c1-13(2)8-5-6(14)3-4-7(8)9(10,11)12/h6-8,14H,3-5H2,1-2H3. The fourth-order valence-electron chi connectivity index (χ4n) is 2.08. The van der Waals surface area contributed by atoms with E-state index in [0.717, 1.165) is 0 Å². The maximum absolute atomic E-state index is 12.6. The molecule has 5 heteroatoms. The first-order valence-corrected chi connectivity index (χ1v) is 4.73. The van der Waals surface area contributed by atoms with E-state index in [9.17, 15) is 18.3 Å². The zero-order valence-electron chi connectivity index (χ0n) is 8.38. The number of aliphatic hydroxyl groups excluding tert-OH is 1. The normalized spacial score (nSPS) is 34.9. The molecule has 0 amide bonds. The van der Waals surface area contributed by atoms with Gasteiger partial charge in [0.05, 0.1) is 12.0 Å². The Morgan fingerprint density at radius 1 is 1.21 bits per heavy atom. The average molecular weight is 211 g/mol.